The number of carbonyl (C=O) groups excluding carboxylic acids is 1. The lowest BCUT2D eigenvalue weighted by Crippen LogP contribution is -2.49. The lowest BCUT2D eigenvalue weighted by atomic mass is 10.2. The van der Waals surface area contributed by atoms with Gasteiger partial charge >= 0.3 is 0 Å². The summed E-state index contributed by atoms with van der Waals surface area (Å²) in [5.41, 5.74) is 1.06. The zero-order valence-corrected chi connectivity index (χ0v) is 14.3. The molecule has 0 atom stereocenters. The number of nitrogens with one attached hydrogen (secondary N) is 2. The van der Waals surface area contributed by atoms with Crippen molar-refractivity contribution in [3.63, 3.8) is 0 Å². The summed E-state index contributed by atoms with van der Waals surface area (Å²) in [6.45, 7) is 6.82. The van der Waals surface area contributed by atoms with Crippen molar-refractivity contribution in [3.05, 3.63) is 30.1 Å². The summed E-state index contributed by atoms with van der Waals surface area (Å²) in [6, 6.07) is 6.64. The van der Waals surface area contributed by atoms with Crippen molar-refractivity contribution in [2.45, 2.75) is 0 Å². The highest BCUT2D eigenvalue weighted by atomic mass is 19.1. The van der Waals surface area contributed by atoms with Gasteiger partial charge in [0.05, 0.1) is 13.2 Å². The van der Waals surface area contributed by atoms with E-state index in [4.69, 9.17) is 4.74 Å². The fourth-order valence-corrected chi connectivity index (χ4v) is 2.67. The van der Waals surface area contributed by atoms with Gasteiger partial charge in [-0.15, -0.1) is 0 Å². The van der Waals surface area contributed by atoms with Crippen molar-refractivity contribution in [2.75, 3.05) is 71.0 Å². The minimum atomic E-state index is -0.204. The SMILES string of the molecule is COCCNCC(=O)NCCN1CCN(c2ccc(F)cc2)CC1. The Balaban J connectivity index is 1.58. The number of hydrogen-bond donors (Lipinski definition) is 2. The Kier molecular flexibility index (Phi) is 7.94. The number of halogens is 1. The molecular weight excluding hydrogens is 311 g/mol. The van der Waals surface area contributed by atoms with Gasteiger partial charge in [0.25, 0.3) is 0 Å². The highest BCUT2D eigenvalue weighted by molar-refractivity contribution is 5.77. The van der Waals surface area contributed by atoms with E-state index in [-0.39, 0.29) is 11.7 Å². The van der Waals surface area contributed by atoms with E-state index in [1.165, 1.54) is 12.1 Å². The summed E-state index contributed by atoms with van der Waals surface area (Å²) >= 11 is 0. The molecule has 1 saturated heterocycles. The third kappa shape index (κ3) is 6.43. The van der Waals surface area contributed by atoms with Crippen LogP contribution in [0.3, 0.4) is 0 Å². The Hall–Kier alpha value is -1.70. The van der Waals surface area contributed by atoms with Gasteiger partial charge in [-0.1, -0.05) is 0 Å². The van der Waals surface area contributed by atoms with Crippen LogP contribution >= 0.6 is 0 Å². The summed E-state index contributed by atoms with van der Waals surface area (Å²) in [5, 5.41) is 5.94. The topological polar surface area (TPSA) is 56.8 Å². The number of nitrogens with zero attached hydrogens (tertiary/aromatic N) is 2. The van der Waals surface area contributed by atoms with Gasteiger partial charge in [0, 0.05) is 58.6 Å². The average Bonchev–Trinajstić information content (AvgIpc) is 2.60. The Labute approximate surface area is 142 Å². The van der Waals surface area contributed by atoms with Crippen LogP contribution in [0.25, 0.3) is 0 Å². The van der Waals surface area contributed by atoms with Gasteiger partial charge in [-0.2, -0.15) is 0 Å². The fraction of sp³-hybridized carbons (Fsp3) is 0.588. The van der Waals surface area contributed by atoms with E-state index in [0.29, 0.717) is 26.2 Å². The molecule has 0 saturated carbocycles. The molecular formula is C17H27FN4O2. The second-order valence-corrected chi connectivity index (χ2v) is 5.82. The maximum Gasteiger partial charge on any atom is 0.234 e. The summed E-state index contributed by atoms with van der Waals surface area (Å²) < 4.78 is 17.9. The zero-order chi connectivity index (χ0) is 17.2. The molecule has 1 aliphatic heterocycles. The molecule has 0 unspecified atom stereocenters. The van der Waals surface area contributed by atoms with Crippen molar-refractivity contribution in [1.82, 2.24) is 15.5 Å². The number of piperazine rings is 1. The molecule has 24 heavy (non-hydrogen) atoms. The average molecular weight is 338 g/mol. The van der Waals surface area contributed by atoms with E-state index < -0.39 is 0 Å². The van der Waals surface area contributed by atoms with Crippen molar-refractivity contribution in [3.8, 4) is 0 Å². The van der Waals surface area contributed by atoms with E-state index in [0.717, 1.165) is 38.4 Å². The highest BCUT2D eigenvalue weighted by Crippen LogP contribution is 2.16. The first kappa shape index (κ1) is 18.6. The molecule has 0 bridgehead atoms. The molecule has 2 rings (SSSR count). The number of benzene rings is 1. The first-order valence-electron chi connectivity index (χ1n) is 8.38. The van der Waals surface area contributed by atoms with Gasteiger partial charge in [-0.3, -0.25) is 9.69 Å². The molecule has 6 nitrogen and oxygen atoms in total. The molecule has 0 aromatic heterocycles. The van der Waals surface area contributed by atoms with Crippen LogP contribution < -0.4 is 15.5 Å². The summed E-state index contributed by atoms with van der Waals surface area (Å²) in [5.74, 6) is -0.194. The van der Waals surface area contributed by atoms with E-state index >= 15 is 0 Å². The lowest BCUT2D eigenvalue weighted by molar-refractivity contribution is -0.120. The molecule has 0 radical (unpaired) electrons. The summed E-state index contributed by atoms with van der Waals surface area (Å²) in [6.07, 6.45) is 0. The number of anilines is 1. The standard InChI is InChI=1S/C17H27FN4O2/c1-24-13-7-19-14-17(23)20-6-8-21-9-11-22(12-10-21)16-4-2-15(18)3-5-16/h2-5,19H,6-14H2,1H3,(H,20,23). The normalized spacial score (nSPS) is 15.5. The van der Waals surface area contributed by atoms with Crippen LogP contribution in [-0.2, 0) is 9.53 Å². The van der Waals surface area contributed by atoms with E-state index in [9.17, 15) is 9.18 Å². The smallest absolute Gasteiger partial charge is 0.234 e. The third-order valence-electron chi connectivity index (χ3n) is 4.08. The Bertz CT molecular complexity index is 490. The molecule has 1 aromatic carbocycles. The van der Waals surface area contributed by atoms with Crippen LogP contribution in [-0.4, -0.2) is 76.9 Å². The van der Waals surface area contributed by atoms with Crippen molar-refractivity contribution in [2.24, 2.45) is 0 Å². The van der Waals surface area contributed by atoms with Gasteiger partial charge in [0.1, 0.15) is 5.82 Å². The Morgan fingerprint density at radius 2 is 1.88 bits per heavy atom. The van der Waals surface area contributed by atoms with Gasteiger partial charge in [-0.25, -0.2) is 4.39 Å². The number of hydrogen-bond acceptors (Lipinski definition) is 5. The fourth-order valence-electron chi connectivity index (χ4n) is 2.67. The highest BCUT2D eigenvalue weighted by Gasteiger charge is 2.16. The molecule has 134 valence electrons. The van der Waals surface area contributed by atoms with Crippen molar-refractivity contribution < 1.29 is 13.9 Å². The summed E-state index contributed by atoms with van der Waals surface area (Å²) in [4.78, 5) is 16.2. The number of methoxy groups -OCH3 is 1. The molecule has 2 N–H and O–H groups in total. The lowest BCUT2D eigenvalue weighted by Gasteiger charge is -2.36. The van der Waals surface area contributed by atoms with Crippen LogP contribution in [0.4, 0.5) is 10.1 Å². The van der Waals surface area contributed by atoms with E-state index in [1.807, 2.05) is 12.1 Å². The van der Waals surface area contributed by atoms with Crippen LogP contribution in [0.15, 0.2) is 24.3 Å². The molecule has 1 fully saturated rings. The van der Waals surface area contributed by atoms with E-state index in [1.54, 1.807) is 7.11 Å². The molecule has 0 spiro atoms. The number of rotatable bonds is 9. The minimum Gasteiger partial charge on any atom is -0.383 e. The van der Waals surface area contributed by atoms with Gasteiger partial charge < -0.3 is 20.3 Å². The molecule has 1 aromatic rings. The largest absolute Gasteiger partial charge is 0.383 e. The second kappa shape index (κ2) is 10.2. The van der Waals surface area contributed by atoms with Gasteiger partial charge in [0.15, 0.2) is 0 Å². The van der Waals surface area contributed by atoms with Crippen LogP contribution in [0.1, 0.15) is 0 Å². The van der Waals surface area contributed by atoms with Gasteiger partial charge in [0.2, 0.25) is 5.91 Å². The monoisotopic (exact) mass is 338 g/mol. The Morgan fingerprint density at radius 3 is 2.54 bits per heavy atom. The molecule has 1 aliphatic rings. The van der Waals surface area contributed by atoms with E-state index in [2.05, 4.69) is 20.4 Å². The zero-order valence-electron chi connectivity index (χ0n) is 14.3. The summed E-state index contributed by atoms with van der Waals surface area (Å²) in [7, 11) is 1.64. The third-order valence-corrected chi connectivity index (χ3v) is 4.08. The predicted octanol–water partition coefficient (Wildman–Crippen LogP) is 0.300. The number of amides is 1. The number of carbonyl (C=O) groups is 1. The first-order valence-corrected chi connectivity index (χ1v) is 8.38. The van der Waals surface area contributed by atoms with Crippen LogP contribution in [0.2, 0.25) is 0 Å². The van der Waals surface area contributed by atoms with Crippen molar-refractivity contribution >= 4 is 11.6 Å². The Morgan fingerprint density at radius 1 is 1.17 bits per heavy atom. The maximum atomic E-state index is 13.0. The number of ether oxygens (including phenoxy) is 1. The first-order chi connectivity index (χ1) is 11.7. The second-order valence-electron chi connectivity index (χ2n) is 5.82. The quantitative estimate of drug-likeness (QED) is 0.635. The maximum absolute atomic E-state index is 13.0. The predicted molar refractivity (Wildman–Crippen MR) is 92.8 cm³/mol. The minimum absolute atomic E-state index is 0.0102. The van der Waals surface area contributed by atoms with Crippen molar-refractivity contribution in [1.29, 1.82) is 0 Å². The molecule has 0 aliphatic carbocycles. The van der Waals surface area contributed by atoms with Gasteiger partial charge in [-0.05, 0) is 24.3 Å². The van der Waals surface area contributed by atoms with Crippen LogP contribution in [0.5, 0.6) is 0 Å². The molecule has 1 amide bonds. The molecule has 1 heterocycles. The van der Waals surface area contributed by atoms with Crippen LogP contribution in [0, 0.1) is 5.82 Å². The molecule has 7 heteroatoms.